The first-order chi connectivity index (χ1) is 10.4. The Morgan fingerprint density at radius 2 is 1.48 bits per heavy atom. The number of carboxylic acids is 1. The van der Waals surface area contributed by atoms with Crippen LogP contribution in [0.1, 0.15) is 34.8 Å². The number of carbonyl (C=O) groups is 2. The van der Waals surface area contributed by atoms with Gasteiger partial charge in [-0.1, -0.05) is 6.92 Å². The van der Waals surface area contributed by atoms with Crippen LogP contribution in [0.4, 0.5) is 26.3 Å². The van der Waals surface area contributed by atoms with Crippen molar-refractivity contribution in [2.24, 2.45) is 0 Å². The topological polar surface area (TPSA) is 66.4 Å². The second-order valence-electron chi connectivity index (χ2n) is 4.57. The van der Waals surface area contributed by atoms with Crippen LogP contribution in [0.15, 0.2) is 18.2 Å². The molecule has 0 saturated heterocycles. The van der Waals surface area contributed by atoms with Crippen molar-refractivity contribution in [3.8, 4) is 0 Å². The van der Waals surface area contributed by atoms with Crippen LogP contribution in [0.2, 0.25) is 0 Å². The minimum absolute atomic E-state index is 0.0911. The molecule has 4 nitrogen and oxygen atoms in total. The van der Waals surface area contributed by atoms with Gasteiger partial charge in [-0.3, -0.25) is 4.79 Å². The molecule has 0 aliphatic carbocycles. The molecule has 23 heavy (non-hydrogen) atoms. The van der Waals surface area contributed by atoms with Gasteiger partial charge in [0.2, 0.25) is 0 Å². The summed E-state index contributed by atoms with van der Waals surface area (Å²) in [6.07, 6.45) is -10.3. The molecule has 1 amide bonds. The van der Waals surface area contributed by atoms with Crippen molar-refractivity contribution >= 4 is 11.9 Å². The zero-order chi connectivity index (χ0) is 18.0. The standard InChI is InChI=1S/C13H11F6NO3/c1-2-9(11(22)23)20-10(21)6-3-7(12(14,15)16)5-8(4-6)13(17,18)19/h3-5,9H,2H2,1H3,(H,20,21)(H,22,23)/t9-/m0/s1. The Kier molecular flexibility index (Phi) is 5.28. The van der Waals surface area contributed by atoms with Crippen molar-refractivity contribution in [2.45, 2.75) is 31.7 Å². The normalized spacial score (nSPS) is 13.5. The van der Waals surface area contributed by atoms with Gasteiger partial charge in [0.15, 0.2) is 0 Å². The Labute approximate surface area is 126 Å². The number of nitrogens with one attached hydrogen (secondary N) is 1. The quantitative estimate of drug-likeness (QED) is 0.825. The van der Waals surface area contributed by atoms with Crippen molar-refractivity contribution < 1.29 is 41.0 Å². The molecule has 0 saturated carbocycles. The van der Waals surface area contributed by atoms with Crippen LogP contribution in [0, 0.1) is 0 Å². The van der Waals surface area contributed by atoms with Gasteiger partial charge >= 0.3 is 18.3 Å². The fraction of sp³-hybridized carbons (Fsp3) is 0.385. The van der Waals surface area contributed by atoms with E-state index in [-0.39, 0.29) is 24.6 Å². The van der Waals surface area contributed by atoms with E-state index in [2.05, 4.69) is 0 Å². The predicted octanol–water partition coefficient (Wildman–Crippen LogP) is 3.32. The number of rotatable bonds is 4. The summed E-state index contributed by atoms with van der Waals surface area (Å²) in [6, 6.07) is -1.07. The van der Waals surface area contributed by atoms with E-state index >= 15 is 0 Å². The van der Waals surface area contributed by atoms with Gasteiger partial charge in [-0.15, -0.1) is 0 Å². The lowest BCUT2D eigenvalue weighted by Crippen LogP contribution is -2.40. The molecule has 0 unspecified atom stereocenters. The average molecular weight is 343 g/mol. The lowest BCUT2D eigenvalue weighted by atomic mass is 10.0. The summed E-state index contributed by atoms with van der Waals surface area (Å²) in [5, 5.41) is 10.6. The van der Waals surface area contributed by atoms with E-state index in [1.807, 2.05) is 5.32 Å². The fourth-order valence-electron chi connectivity index (χ4n) is 1.67. The zero-order valence-electron chi connectivity index (χ0n) is 11.5. The van der Waals surface area contributed by atoms with Gasteiger partial charge in [0.1, 0.15) is 6.04 Å². The van der Waals surface area contributed by atoms with E-state index in [4.69, 9.17) is 5.11 Å². The van der Waals surface area contributed by atoms with Crippen LogP contribution in [0.5, 0.6) is 0 Å². The molecule has 0 aliphatic heterocycles. The third-order valence-corrected chi connectivity index (χ3v) is 2.86. The van der Waals surface area contributed by atoms with Gasteiger partial charge in [-0.05, 0) is 24.6 Å². The maximum Gasteiger partial charge on any atom is 0.416 e. The number of hydrogen-bond acceptors (Lipinski definition) is 2. The van der Waals surface area contributed by atoms with Gasteiger partial charge in [0.25, 0.3) is 5.91 Å². The summed E-state index contributed by atoms with van der Waals surface area (Å²) in [5.74, 6) is -2.79. The van der Waals surface area contributed by atoms with Crippen molar-refractivity contribution in [2.75, 3.05) is 0 Å². The molecule has 1 atom stereocenters. The number of hydrogen-bond donors (Lipinski definition) is 2. The van der Waals surface area contributed by atoms with Gasteiger partial charge in [-0.25, -0.2) is 4.79 Å². The van der Waals surface area contributed by atoms with Crippen molar-refractivity contribution in [1.29, 1.82) is 0 Å². The molecule has 0 bridgehead atoms. The third-order valence-electron chi connectivity index (χ3n) is 2.86. The number of carboxylic acid groups (broad SMARTS) is 1. The average Bonchev–Trinajstić information content (AvgIpc) is 2.41. The number of carbonyl (C=O) groups excluding carboxylic acids is 1. The number of amides is 1. The van der Waals surface area contributed by atoms with Crippen molar-refractivity contribution in [3.05, 3.63) is 34.9 Å². The predicted molar refractivity (Wildman–Crippen MR) is 65.6 cm³/mol. The Bertz CT molecular complexity index is 576. The first kappa shape index (κ1) is 18.8. The summed E-state index contributed by atoms with van der Waals surface area (Å²) in [4.78, 5) is 22.5. The van der Waals surface area contributed by atoms with Crippen LogP contribution in [0.3, 0.4) is 0 Å². The van der Waals surface area contributed by atoms with Crippen molar-refractivity contribution in [1.82, 2.24) is 5.32 Å². The van der Waals surface area contributed by atoms with E-state index in [0.29, 0.717) is 0 Å². The Balaban J connectivity index is 3.30. The van der Waals surface area contributed by atoms with Gasteiger partial charge in [0.05, 0.1) is 11.1 Å². The van der Waals surface area contributed by atoms with Gasteiger partial charge in [0, 0.05) is 5.56 Å². The second kappa shape index (κ2) is 6.47. The summed E-state index contributed by atoms with van der Waals surface area (Å²) >= 11 is 0. The largest absolute Gasteiger partial charge is 0.480 e. The lowest BCUT2D eigenvalue weighted by molar-refractivity contribution is -0.143. The Morgan fingerprint density at radius 3 is 1.78 bits per heavy atom. The van der Waals surface area contributed by atoms with Crippen LogP contribution in [-0.4, -0.2) is 23.0 Å². The highest BCUT2D eigenvalue weighted by Gasteiger charge is 2.37. The highest BCUT2D eigenvalue weighted by Crippen LogP contribution is 2.36. The first-order valence-corrected chi connectivity index (χ1v) is 6.19. The molecule has 1 aromatic rings. The molecular formula is C13H11F6NO3. The second-order valence-corrected chi connectivity index (χ2v) is 4.57. The summed E-state index contributed by atoms with van der Waals surface area (Å²) in [5.41, 5.74) is -4.23. The number of halogens is 6. The van der Waals surface area contributed by atoms with Crippen LogP contribution >= 0.6 is 0 Å². The number of alkyl halides is 6. The molecule has 128 valence electrons. The van der Waals surface area contributed by atoms with Crippen LogP contribution < -0.4 is 5.32 Å². The minimum atomic E-state index is -5.09. The molecule has 2 N–H and O–H groups in total. The van der Waals surface area contributed by atoms with E-state index in [1.165, 1.54) is 6.92 Å². The Morgan fingerprint density at radius 1 is 1.04 bits per heavy atom. The monoisotopic (exact) mass is 343 g/mol. The summed E-state index contributed by atoms with van der Waals surface area (Å²) in [6.45, 7) is 1.38. The minimum Gasteiger partial charge on any atom is -0.480 e. The molecular weight excluding hydrogens is 332 g/mol. The van der Waals surface area contributed by atoms with E-state index in [0.717, 1.165) is 0 Å². The molecule has 0 aliphatic rings. The zero-order valence-corrected chi connectivity index (χ0v) is 11.5. The maximum atomic E-state index is 12.7. The van der Waals surface area contributed by atoms with E-state index in [1.54, 1.807) is 0 Å². The molecule has 0 aromatic heterocycles. The number of aliphatic carboxylic acids is 1. The van der Waals surface area contributed by atoms with Crippen molar-refractivity contribution in [3.63, 3.8) is 0 Å². The first-order valence-electron chi connectivity index (χ1n) is 6.19. The third kappa shape index (κ3) is 4.86. The van der Waals surface area contributed by atoms with Gasteiger partial charge in [-0.2, -0.15) is 26.3 Å². The highest BCUT2D eigenvalue weighted by atomic mass is 19.4. The van der Waals surface area contributed by atoms with Gasteiger partial charge < -0.3 is 10.4 Å². The summed E-state index contributed by atoms with van der Waals surface area (Å²) < 4.78 is 76.0. The molecule has 0 radical (unpaired) electrons. The molecule has 0 spiro atoms. The smallest absolute Gasteiger partial charge is 0.416 e. The Hall–Kier alpha value is -2.26. The SMILES string of the molecule is CC[C@H](NC(=O)c1cc(C(F)(F)F)cc(C(F)(F)F)c1)C(=O)O. The van der Waals surface area contributed by atoms with E-state index in [9.17, 15) is 35.9 Å². The highest BCUT2D eigenvalue weighted by molar-refractivity contribution is 5.97. The maximum absolute atomic E-state index is 12.7. The van der Waals surface area contributed by atoms with Crippen LogP contribution in [0.25, 0.3) is 0 Å². The molecule has 1 rings (SSSR count). The lowest BCUT2D eigenvalue weighted by Gasteiger charge is -2.16. The number of benzene rings is 1. The molecule has 1 aromatic carbocycles. The van der Waals surface area contributed by atoms with E-state index < -0.39 is 47.0 Å². The summed E-state index contributed by atoms with van der Waals surface area (Å²) in [7, 11) is 0. The molecule has 0 fully saturated rings. The molecule has 0 heterocycles. The fourth-order valence-corrected chi connectivity index (χ4v) is 1.67. The molecule has 10 heteroatoms. The van der Waals surface area contributed by atoms with Crippen LogP contribution in [-0.2, 0) is 17.1 Å².